The molecular formula is C20H14ClNO5. The van der Waals surface area contributed by atoms with Crippen LogP contribution in [0.3, 0.4) is 0 Å². The van der Waals surface area contributed by atoms with Crippen LogP contribution < -0.4 is 5.43 Å². The average molecular weight is 384 g/mol. The molecule has 0 aliphatic rings. The summed E-state index contributed by atoms with van der Waals surface area (Å²) in [4.78, 5) is 47.1. The summed E-state index contributed by atoms with van der Waals surface area (Å²) in [6.07, 6.45) is 0.514. The number of halogens is 1. The van der Waals surface area contributed by atoms with Crippen molar-refractivity contribution in [2.75, 3.05) is 0 Å². The molecule has 0 fully saturated rings. The van der Waals surface area contributed by atoms with Crippen molar-refractivity contribution >= 4 is 40.0 Å². The molecule has 7 heteroatoms. The summed E-state index contributed by atoms with van der Waals surface area (Å²) in [5.74, 6) is -3.77. The number of ketones is 2. The molecule has 2 aromatic carbocycles. The number of carboxylic acids is 1. The van der Waals surface area contributed by atoms with Gasteiger partial charge in [0.1, 0.15) is 0 Å². The zero-order valence-electron chi connectivity index (χ0n) is 14.0. The molecule has 0 radical (unpaired) electrons. The molecule has 0 bridgehead atoms. The van der Waals surface area contributed by atoms with Gasteiger partial charge in [-0.15, -0.1) is 0 Å². The summed E-state index contributed by atoms with van der Waals surface area (Å²) < 4.78 is 1.72. The minimum atomic E-state index is -1.70. The van der Waals surface area contributed by atoms with E-state index in [1.54, 1.807) is 41.0 Å². The highest BCUT2D eigenvalue weighted by atomic mass is 35.5. The smallest absolute Gasteiger partial charge is 0.372 e. The fourth-order valence-corrected chi connectivity index (χ4v) is 2.90. The van der Waals surface area contributed by atoms with E-state index in [2.05, 4.69) is 0 Å². The fourth-order valence-electron chi connectivity index (χ4n) is 2.78. The van der Waals surface area contributed by atoms with Crippen molar-refractivity contribution in [3.05, 3.63) is 81.1 Å². The second kappa shape index (κ2) is 7.55. The van der Waals surface area contributed by atoms with Crippen LogP contribution in [0.5, 0.6) is 0 Å². The van der Waals surface area contributed by atoms with Gasteiger partial charge in [-0.25, -0.2) is 4.79 Å². The SMILES string of the molecule is O=C(O)C(=O)CC(=O)c1cn(Cc2ccc(Cl)cc2)c2ccccc2c1=O. The molecule has 0 saturated heterocycles. The van der Waals surface area contributed by atoms with Gasteiger partial charge in [0, 0.05) is 23.2 Å². The fraction of sp³-hybridized carbons (Fsp3) is 0.100. The van der Waals surface area contributed by atoms with Gasteiger partial charge < -0.3 is 9.67 Å². The van der Waals surface area contributed by atoms with Gasteiger partial charge in [0.2, 0.25) is 5.78 Å². The predicted molar refractivity (Wildman–Crippen MR) is 100 cm³/mol. The van der Waals surface area contributed by atoms with Crippen molar-refractivity contribution < 1.29 is 19.5 Å². The normalized spacial score (nSPS) is 10.7. The zero-order valence-corrected chi connectivity index (χ0v) is 14.8. The molecule has 0 aliphatic carbocycles. The van der Waals surface area contributed by atoms with E-state index in [1.807, 2.05) is 12.1 Å². The van der Waals surface area contributed by atoms with Crippen LogP contribution in [0, 0.1) is 0 Å². The van der Waals surface area contributed by atoms with Gasteiger partial charge in [0.15, 0.2) is 11.2 Å². The van der Waals surface area contributed by atoms with Crippen molar-refractivity contribution in [3.8, 4) is 0 Å². The number of hydrogen-bond acceptors (Lipinski definition) is 4. The Morgan fingerprint density at radius 3 is 2.33 bits per heavy atom. The van der Waals surface area contributed by atoms with Gasteiger partial charge >= 0.3 is 5.97 Å². The van der Waals surface area contributed by atoms with E-state index < -0.39 is 29.4 Å². The molecule has 3 aromatic rings. The van der Waals surface area contributed by atoms with Crippen LogP contribution in [-0.4, -0.2) is 27.2 Å². The van der Waals surface area contributed by atoms with Crippen LogP contribution in [-0.2, 0) is 16.1 Å². The lowest BCUT2D eigenvalue weighted by atomic mass is 10.0. The molecule has 136 valence electrons. The molecule has 0 aliphatic heterocycles. The summed E-state index contributed by atoms with van der Waals surface area (Å²) >= 11 is 5.90. The van der Waals surface area contributed by atoms with E-state index in [4.69, 9.17) is 16.7 Å². The highest BCUT2D eigenvalue weighted by Crippen LogP contribution is 2.16. The lowest BCUT2D eigenvalue weighted by Gasteiger charge is -2.13. The van der Waals surface area contributed by atoms with Crippen molar-refractivity contribution in [1.82, 2.24) is 4.57 Å². The highest BCUT2D eigenvalue weighted by Gasteiger charge is 2.21. The molecule has 3 rings (SSSR count). The molecule has 0 spiro atoms. The molecule has 0 atom stereocenters. The van der Waals surface area contributed by atoms with Crippen LogP contribution >= 0.6 is 11.6 Å². The Hall–Kier alpha value is -3.25. The number of aromatic nitrogens is 1. The van der Waals surface area contributed by atoms with Crippen molar-refractivity contribution in [3.63, 3.8) is 0 Å². The number of carboxylic acid groups (broad SMARTS) is 1. The molecular weight excluding hydrogens is 370 g/mol. The molecule has 6 nitrogen and oxygen atoms in total. The first-order valence-electron chi connectivity index (χ1n) is 8.03. The number of rotatable bonds is 6. The number of pyridine rings is 1. The monoisotopic (exact) mass is 383 g/mol. The standard InChI is InChI=1S/C20H14ClNO5/c21-13-7-5-12(6-8-13)10-22-11-15(17(23)9-18(24)20(26)27)19(25)14-3-1-2-4-16(14)22/h1-8,11H,9-10H2,(H,26,27). The zero-order chi connectivity index (χ0) is 19.6. The van der Waals surface area contributed by atoms with E-state index >= 15 is 0 Å². The van der Waals surface area contributed by atoms with Crippen molar-refractivity contribution in [2.45, 2.75) is 13.0 Å². The summed E-state index contributed by atoms with van der Waals surface area (Å²) in [5, 5.41) is 9.60. The number of para-hydroxylation sites is 1. The molecule has 0 unspecified atom stereocenters. The van der Waals surface area contributed by atoms with Crippen LogP contribution in [0.1, 0.15) is 22.3 Å². The number of benzene rings is 2. The van der Waals surface area contributed by atoms with Crippen molar-refractivity contribution in [1.29, 1.82) is 0 Å². The Morgan fingerprint density at radius 1 is 1.00 bits per heavy atom. The summed E-state index contributed by atoms with van der Waals surface area (Å²) in [6.45, 7) is 0.366. The third-order valence-electron chi connectivity index (χ3n) is 4.11. The Bertz CT molecular complexity index is 1120. The summed E-state index contributed by atoms with van der Waals surface area (Å²) in [7, 11) is 0. The number of Topliss-reactive ketones (excluding diaryl/α,β-unsaturated/α-hetero) is 2. The average Bonchev–Trinajstić information content (AvgIpc) is 2.65. The molecule has 1 aromatic heterocycles. The van der Waals surface area contributed by atoms with E-state index in [-0.39, 0.29) is 5.56 Å². The summed E-state index contributed by atoms with van der Waals surface area (Å²) in [5.41, 5.74) is 0.783. The van der Waals surface area contributed by atoms with Gasteiger partial charge in [-0.1, -0.05) is 35.9 Å². The first-order chi connectivity index (χ1) is 12.9. The minimum absolute atomic E-state index is 0.211. The maximum Gasteiger partial charge on any atom is 0.372 e. The highest BCUT2D eigenvalue weighted by molar-refractivity contribution is 6.37. The van der Waals surface area contributed by atoms with E-state index in [0.717, 1.165) is 5.56 Å². The van der Waals surface area contributed by atoms with Gasteiger partial charge in [-0.2, -0.15) is 0 Å². The van der Waals surface area contributed by atoms with Crippen molar-refractivity contribution in [2.24, 2.45) is 0 Å². The Kier molecular flexibility index (Phi) is 5.19. The number of carbonyl (C=O) groups is 3. The van der Waals surface area contributed by atoms with E-state index in [0.29, 0.717) is 22.5 Å². The number of carbonyl (C=O) groups excluding carboxylic acids is 2. The van der Waals surface area contributed by atoms with E-state index in [9.17, 15) is 19.2 Å². The van der Waals surface area contributed by atoms with Crippen LogP contribution in [0.4, 0.5) is 0 Å². The number of fused-ring (bicyclic) bond motifs is 1. The second-order valence-corrected chi connectivity index (χ2v) is 6.41. The molecule has 1 heterocycles. The Balaban J connectivity index is 2.09. The lowest BCUT2D eigenvalue weighted by Crippen LogP contribution is -2.23. The molecule has 27 heavy (non-hydrogen) atoms. The maximum absolute atomic E-state index is 12.7. The largest absolute Gasteiger partial charge is 0.475 e. The predicted octanol–water partition coefficient (Wildman–Crippen LogP) is 2.93. The van der Waals surface area contributed by atoms with Crippen LogP contribution in [0.2, 0.25) is 5.02 Å². The second-order valence-electron chi connectivity index (χ2n) is 5.97. The number of hydrogen-bond donors (Lipinski definition) is 1. The van der Waals surface area contributed by atoms with E-state index in [1.165, 1.54) is 6.20 Å². The lowest BCUT2D eigenvalue weighted by molar-refractivity contribution is -0.148. The number of aliphatic carboxylic acids is 1. The van der Waals surface area contributed by atoms with Gasteiger partial charge in [0.05, 0.1) is 17.5 Å². The first-order valence-corrected chi connectivity index (χ1v) is 8.40. The molecule has 0 saturated carbocycles. The molecule has 1 N–H and O–H groups in total. The van der Waals surface area contributed by atoms with Gasteiger partial charge in [0.25, 0.3) is 0 Å². The third-order valence-corrected chi connectivity index (χ3v) is 4.37. The number of nitrogens with zero attached hydrogens (tertiary/aromatic N) is 1. The third kappa shape index (κ3) is 3.96. The maximum atomic E-state index is 12.7. The Morgan fingerprint density at radius 2 is 1.67 bits per heavy atom. The van der Waals surface area contributed by atoms with Gasteiger partial charge in [-0.3, -0.25) is 14.4 Å². The van der Waals surface area contributed by atoms with Crippen LogP contribution in [0.25, 0.3) is 10.9 Å². The quantitative estimate of drug-likeness (QED) is 0.401. The molecule has 0 amide bonds. The minimum Gasteiger partial charge on any atom is -0.475 e. The van der Waals surface area contributed by atoms with Crippen LogP contribution in [0.15, 0.2) is 59.5 Å². The Labute approximate surface area is 158 Å². The summed E-state index contributed by atoms with van der Waals surface area (Å²) in [6, 6.07) is 13.9. The topological polar surface area (TPSA) is 93.4 Å². The first kappa shape index (κ1) is 18.5. The van der Waals surface area contributed by atoms with Gasteiger partial charge in [-0.05, 0) is 29.8 Å².